The first-order valence-electron chi connectivity index (χ1n) is 13.3. The van der Waals surface area contributed by atoms with Crippen molar-refractivity contribution >= 4 is 34.1 Å². The van der Waals surface area contributed by atoms with Crippen LogP contribution in [0.5, 0.6) is 0 Å². The van der Waals surface area contributed by atoms with Crippen molar-refractivity contribution in [2.45, 2.75) is 57.8 Å². The highest BCUT2D eigenvalue weighted by atomic mass is 16.6. The lowest BCUT2D eigenvalue weighted by Gasteiger charge is -2.36. The van der Waals surface area contributed by atoms with E-state index < -0.39 is 0 Å². The molecule has 3 aliphatic rings. The summed E-state index contributed by atoms with van der Waals surface area (Å²) in [6.45, 7) is 6.41. The minimum atomic E-state index is -0.386. The van der Waals surface area contributed by atoms with Crippen molar-refractivity contribution in [3.05, 3.63) is 46.5 Å². The first-order valence-corrected chi connectivity index (χ1v) is 13.3. The number of azo groups is 1. The van der Waals surface area contributed by atoms with E-state index in [9.17, 15) is 10.1 Å². The molecule has 0 aliphatic carbocycles. The molecule has 3 aliphatic heterocycles. The minimum absolute atomic E-state index is 0.0674. The average molecular weight is 477 g/mol. The number of nitro groups is 1. The van der Waals surface area contributed by atoms with Gasteiger partial charge in [0.1, 0.15) is 5.69 Å². The van der Waals surface area contributed by atoms with Crippen molar-refractivity contribution in [1.82, 2.24) is 0 Å². The number of piperidine rings is 3. The molecule has 0 atom stereocenters. The lowest BCUT2D eigenvalue weighted by Crippen LogP contribution is -2.33. The van der Waals surface area contributed by atoms with Crippen LogP contribution in [0.4, 0.5) is 34.1 Å². The molecule has 2 aromatic rings. The molecule has 5 rings (SSSR count). The fraction of sp³-hybridized carbons (Fsp3) is 0.556. The van der Waals surface area contributed by atoms with E-state index in [2.05, 4.69) is 31.9 Å². The second-order valence-electron chi connectivity index (χ2n) is 9.95. The Balaban J connectivity index is 1.57. The maximum atomic E-state index is 11.0. The Morgan fingerprint density at radius 3 is 1.54 bits per heavy atom. The van der Waals surface area contributed by atoms with Gasteiger partial charge in [-0.2, -0.15) is 5.11 Å². The molecule has 0 amide bonds. The van der Waals surface area contributed by atoms with Crippen molar-refractivity contribution in [2.75, 3.05) is 54.0 Å². The molecule has 3 saturated heterocycles. The Bertz CT molecular complexity index is 997. The van der Waals surface area contributed by atoms with Gasteiger partial charge in [-0.15, -0.1) is 5.11 Å². The summed E-state index contributed by atoms with van der Waals surface area (Å²) >= 11 is 0. The summed E-state index contributed by atoms with van der Waals surface area (Å²) in [4.78, 5) is 18.2. The van der Waals surface area contributed by atoms with Gasteiger partial charge in [-0.3, -0.25) is 10.1 Å². The van der Waals surface area contributed by atoms with Crippen molar-refractivity contribution in [1.29, 1.82) is 0 Å². The summed E-state index contributed by atoms with van der Waals surface area (Å²) in [5, 5.41) is 20.4. The molecule has 0 saturated carbocycles. The van der Waals surface area contributed by atoms with Crippen LogP contribution < -0.4 is 14.7 Å². The number of nitro benzene ring substituents is 1. The first kappa shape index (κ1) is 23.6. The number of hydrogen-bond acceptors (Lipinski definition) is 7. The molecule has 2 aromatic carbocycles. The molecule has 0 spiro atoms. The summed E-state index contributed by atoms with van der Waals surface area (Å²) in [7, 11) is 0. The Morgan fingerprint density at radius 1 is 0.629 bits per heavy atom. The Morgan fingerprint density at radius 2 is 1.09 bits per heavy atom. The molecule has 0 unspecified atom stereocenters. The highest BCUT2D eigenvalue weighted by Crippen LogP contribution is 2.45. The van der Waals surface area contributed by atoms with Crippen LogP contribution >= 0.6 is 0 Å². The number of non-ortho nitro benzene ring substituents is 1. The normalized spacial score (nSPS) is 19.4. The quantitative estimate of drug-likeness (QED) is 0.255. The van der Waals surface area contributed by atoms with Gasteiger partial charge in [0.05, 0.1) is 22.0 Å². The molecule has 0 radical (unpaired) electrons. The van der Waals surface area contributed by atoms with E-state index in [1.54, 1.807) is 12.1 Å². The number of nitrogens with zero attached hydrogens (tertiary/aromatic N) is 6. The van der Waals surface area contributed by atoms with Crippen LogP contribution in [0.3, 0.4) is 0 Å². The third kappa shape index (κ3) is 5.57. The predicted molar refractivity (Wildman–Crippen MR) is 142 cm³/mol. The van der Waals surface area contributed by atoms with E-state index >= 15 is 0 Å². The van der Waals surface area contributed by atoms with Crippen LogP contribution in [0.25, 0.3) is 0 Å². The number of anilines is 3. The summed E-state index contributed by atoms with van der Waals surface area (Å²) in [6, 6.07) is 11.0. The highest BCUT2D eigenvalue weighted by Gasteiger charge is 2.25. The van der Waals surface area contributed by atoms with E-state index in [1.807, 2.05) is 0 Å². The average Bonchev–Trinajstić information content (AvgIpc) is 2.93. The SMILES string of the molecule is O=[N+]([O-])c1ccc(N=Nc2c(N3CCCCC3)cc(N3CCCCC3)cc2N2CCCCC2)cc1. The van der Waals surface area contributed by atoms with E-state index in [0.29, 0.717) is 5.69 Å². The summed E-state index contributed by atoms with van der Waals surface area (Å²) in [5.74, 6) is 0. The monoisotopic (exact) mass is 476 g/mol. The zero-order valence-corrected chi connectivity index (χ0v) is 20.6. The van der Waals surface area contributed by atoms with Gasteiger partial charge in [0, 0.05) is 57.1 Å². The Kier molecular flexibility index (Phi) is 7.45. The smallest absolute Gasteiger partial charge is 0.269 e. The molecular formula is C27H36N6O2. The molecule has 186 valence electrons. The first-order chi connectivity index (χ1) is 17.2. The molecule has 0 aromatic heterocycles. The topological polar surface area (TPSA) is 77.6 Å². The summed E-state index contributed by atoms with van der Waals surface area (Å²) in [5.41, 5.74) is 5.30. The van der Waals surface area contributed by atoms with Gasteiger partial charge in [-0.1, -0.05) is 0 Å². The third-order valence-electron chi connectivity index (χ3n) is 7.50. The molecule has 3 heterocycles. The lowest BCUT2D eigenvalue weighted by atomic mass is 10.0. The Labute approximate surface area is 207 Å². The van der Waals surface area contributed by atoms with Gasteiger partial charge in [0.2, 0.25) is 0 Å². The van der Waals surface area contributed by atoms with E-state index in [0.717, 1.165) is 45.0 Å². The van der Waals surface area contributed by atoms with E-state index in [1.165, 1.54) is 87.0 Å². The van der Waals surface area contributed by atoms with Gasteiger partial charge in [0.15, 0.2) is 0 Å². The van der Waals surface area contributed by atoms with Gasteiger partial charge < -0.3 is 14.7 Å². The molecule has 8 nitrogen and oxygen atoms in total. The fourth-order valence-corrected chi connectivity index (χ4v) is 5.53. The lowest BCUT2D eigenvalue weighted by molar-refractivity contribution is -0.384. The van der Waals surface area contributed by atoms with Crippen molar-refractivity contribution in [3.8, 4) is 0 Å². The minimum Gasteiger partial charge on any atom is -0.371 e. The standard InChI is InChI=1S/C27H36N6O2/c34-33(35)23-12-10-22(11-13-23)28-29-27-25(31-16-6-2-7-17-31)20-24(30-14-4-1-5-15-30)21-26(27)32-18-8-3-9-19-32/h10-13,20-21H,1-9,14-19H2. The fourth-order valence-electron chi connectivity index (χ4n) is 5.53. The molecule has 0 N–H and O–H groups in total. The summed E-state index contributed by atoms with van der Waals surface area (Å²) < 4.78 is 0. The zero-order valence-electron chi connectivity index (χ0n) is 20.6. The third-order valence-corrected chi connectivity index (χ3v) is 7.50. The van der Waals surface area contributed by atoms with Crippen molar-refractivity contribution in [2.24, 2.45) is 10.2 Å². The zero-order chi connectivity index (χ0) is 24.0. The number of rotatable bonds is 6. The second-order valence-corrected chi connectivity index (χ2v) is 9.95. The van der Waals surface area contributed by atoms with Crippen molar-refractivity contribution < 1.29 is 4.92 Å². The van der Waals surface area contributed by atoms with Crippen LogP contribution in [0.15, 0.2) is 46.6 Å². The molecule has 0 bridgehead atoms. The van der Waals surface area contributed by atoms with Crippen LogP contribution in [0, 0.1) is 10.1 Å². The van der Waals surface area contributed by atoms with Gasteiger partial charge in [0.25, 0.3) is 5.69 Å². The molecule has 8 heteroatoms. The van der Waals surface area contributed by atoms with E-state index in [-0.39, 0.29) is 10.6 Å². The van der Waals surface area contributed by atoms with Crippen LogP contribution in [-0.4, -0.2) is 44.2 Å². The van der Waals surface area contributed by atoms with Crippen LogP contribution in [0.2, 0.25) is 0 Å². The van der Waals surface area contributed by atoms with Gasteiger partial charge in [-0.25, -0.2) is 0 Å². The molecule has 3 fully saturated rings. The van der Waals surface area contributed by atoms with Crippen molar-refractivity contribution in [3.63, 3.8) is 0 Å². The number of benzene rings is 2. The highest BCUT2D eigenvalue weighted by molar-refractivity contribution is 5.86. The maximum Gasteiger partial charge on any atom is 0.269 e. The largest absolute Gasteiger partial charge is 0.371 e. The van der Waals surface area contributed by atoms with Crippen LogP contribution in [-0.2, 0) is 0 Å². The number of hydrogen-bond donors (Lipinski definition) is 0. The molecular weight excluding hydrogens is 440 g/mol. The molecule has 35 heavy (non-hydrogen) atoms. The Hall–Kier alpha value is -3.16. The van der Waals surface area contributed by atoms with Crippen LogP contribution in [0.1, 0.15) is 57.8 Å². The second kappa shape index (κ2) is 11.1. The van der Waals surface area contributed by atoms with E-state index in [4.69, 9.17) is 5.11 Å². The maximum absolute atomic E-state index is 11.0. The predicted octanol–water partition coefficient (Wildman–Crippen LogP) is 6.98. The summed E-state index contributed by atoms with van der Waals surface area (Å²) in [6.07, 6.45) is 11.2. The van der Waals surface area contributed by atoms with Gasteiger partial charge >= 0.3 is 0 Å². The van der Waals surface area contributed by atoms with Gasteiger partial charge in [-0.05, 0) is 82.1 Å².